The normalized spacial score (nSPS) is 9.25. The smallest absolute Gasteiger partial charge is 0.365 e. The minimum Gasteiger partial charge on any atom is -0.367 e. The number of rotatable bonds is 3. The summed E-state index contributed by atoms with van der Waals surface area (Å²) in [5.41, 5.74) is 9.87. The Morgan fingerprint density at radius 1 is 1.31 bits per heavy atom. The predicted molar refractivity (Wildman–Crippen MR) is 54.3 cm³/mol. The van der Waals surface area contributed by atoms with Crippen molar-refractivity contribution in [2.45, 2.75) is 0 Å². The molecule has 0 aliphatic heterocycles. The highest BCUT2D eigenvalue weighted by Gasteiger charge is 2.10. The third-order valence-corrected chi connectivity index (χ3v) is 1.55. The van der Waals surface area contributed by atoms with Crippen molar-refractivity contribution in [3.8, 4) is 0 Å². The van der Waals surface area contributed by atoms with Gasteiger partial charge in [-0.05, 0) is 17.3 Å². The van der Waals surface area contributed by atoms with Crippen molar-refractivity contribution in [3.05, 3.63) is 39.9 Å². The summed E-state index contributed by atoms with van der Waals surface area (Å²) in [5, 5.41) is 13.4. The van der Waals surface area contributed by atoms with Crippen molar-refractivity contribution in [2.75, 3.05) is 0 Å². The monoisotopic (exact) mass is 224 g/mol. The number of guanidine groups is 1. The Labute approximate surface area is 89.6 Å². The van der Waals surface area contributed by atoms with E-state index in [0.29, 0.717) is 0 Å². The van der Waals surface area contributed by atoms with Crippen LogP contribution < -0.4 is 11.5 Å². The molecule has 0 saturated heterocycles. The summed E-state index contributed by atoms with van der Waals surface area (Å²) in [6, 6.07) is 4.82. The van der Waals surface area contributed by atoms with Gasteiger partial charge in [-0.2, -0.15) is 0 Å². The van der Waals surface area contributed by atoms with Crippen molar-refractivity contribution in [3.63, 3.8) is 0 Å². The lowest BCUT2D eigenvalue weighted by Gasteiger charge is -1.97. The molecule has 84 valence electrons. The molecule has 0 aromatic heterocycles. The number of benzene rings is 1. The van der Waals surface area contributed by atoms with Gasteiger partial charge in [0.25, 0.3) is 5.69 Å². The van der Waals surface area contributed by atoms with Crippen LogP contribution in [0, 0.1) is 10.1 Å². The fourth-order valence-corrected chi connectivity index (χ4v) is 0.866. The zero-order chi connectivity index (χ0) is 12.1. The molecule has 1 rings (SSSR count). The van der Waals surface area contributed by atoms with E-state index < -0.39 is 16.9 Å². The van der Waals surface area contributed by atoms with Gasteiger partial charge in [-0.25, -0.2) is 4.79 Å². The van der Waals surface area contributed by atoms with E-state index in [1.807, 2.05) is 0 Å². The number of nitrogens with zero attached hydrogens (tertiary/aromatic N) is 2. The van der Waals surface area contributed by atoms with E-state index in [9.17, 15) is 14.9 Å². The molecule has 0 aliphatic rings. The Morgan fingerprint density at radius 2 is 1.88 bits per heavy atom. The fourth-order valence-electron chi connectivity index (χ4n) is 0.866. The van der Waals surface area contributed by atoms with Crippen LogP contribution in [0.25, 0.3) is 0 Å². The number of hydrogen-bond acceptors (Lipinski definition) is 5. The number of non-ortho nitro benzene ring substituents is 1. The van der Waals surface area contributed by atoms with Crippen LogP contribution in [0.15, 0.2) is 29.4 Å². The molecule has 8 nitrogen and oxygen atoms in total. The van der Waals surface area contributed by atoms with Crippen LogP contribution in [-0.4, -0.2) is 16.9 Å². The highest BCUT2D eigenvalue weighted by molar-refractivity contribution is 5.90. The molecule has 1 aromatic rings. The third kappa shape index (κ3) is 2.94. The van der Waals surface area contributed by atoms with Crippen LogP contribution >= 0.6 is 0 Å². The van der Waals surface area contributed by atoms with Gasteiger partial charge in [0.05, 0.1) is 10.5 Å². The first kappa shape index (κ1) is 11.4. The van der Waals surface area contributed by atoms with Crippen molar-refractivity contribution < 1.29 is 14.6 Å². The maximum atomic E-state index is 11.2. The van der Waals surface area contributed by atoms with E-state index in [0.717, 1.165) is 0 Å². The average molecular weight is 224 g/mol. The van der Waals surface area contributed by atoms with Crippen LogP contribution in [0.5, 0.6) is 0 Å². The topological polar surface area (TPSA) is 134 Å². The average Bonchev–Trinajstić information content (AvgIpc) is 2.26. The van der Waals surface area contributed by atoms with Crippen LogP contribution in [0.3, 0.4) is 0 Å². The lowest BCUT2D eigenvalue weighted by molar-refractivity contribution is -0.384. The number of hydrogen-bond donors (Lipinski definition) is 2. The molecule has 0 atom stereocenters. The molecule has 0 radical (unpaired) electrons. The summed E-state index contributed by atoms with van der Waals surface area (Å²) >= 11 is 0. The van der Waals surface area contributed by atoms with Gasteiger partial charge in [0.1, 0.15) is 0 Å². The number of carbonyl (C=O) groups excluding carboxylic acids is 1. The molecule has 0 unspecified atom stereocenters. The SMILES string of the molecule is NC(N)=NOC(=O)c1ccc([N+](=O)[O-])cc1. The van der Waals surface area contributed by atoms with E-state index in [4.69, 9.17) is 11.5 Å². The second kappa shape index (κ2) is 4.73. The summed E-state index contributed by atoms with van der Waals surface area (Å²) in [6.07, 6.45) is 0. The van der Waals surface area contributed by atoms with Gasteiger partial charge in [-0.3, -0.25) is 10.1 Å². The van der Waals surface area contributed by atoms with Crippen molar-refractivity contribution in [1.29, 1.82) is 0 Å². The summed E-state index contributed by atoms with van der Waals surface area (Å²) in [7, 11) is 0. The standard InChI is InChI=1S/C8H8N4O4/c9-8(10)11-16-7(13)5-1-3-6(4-2-5)12(14)15/h1-4H,(H4,9,10,11). The highest BCUT2D eigenvalue weighted by Crippen LogP contribution is 2.12. The van der Waals surface area contributed by atoms with Crippen molar-refractivity contribution >= 4 is 17.6 Å². The van der Waals surface area contributed by atoms with Gasteiger partial charge >= 0.3 is 5.97 Å². The fraction of sp³-hybridized carbons (Fsp3) is 0. The first-order valence-corrected chi connectivity index (χ1v) is 4.05. The zero-order valence-corrected chi connectivity index (χ0v) is 7.99. The quantitative estimate of drug-likeness (QED) is 0.243. The molecule has 8 heteroatoms. The maximum absolute atomic E-state index is 11.2. The number of nitro benzene ring substituents is 1. The van der Waals surface area contributed by atoms with E-state index >= 15 is 0 Å². The lowest BCUT2D eigenvalue weighted by Crippen LogP contribution is -2.23. The second-order valence-electron chi connectivity index (χ2n) is 2.70. The van der Waals surface area contributed by atoms with Crippen molar-refractivity contribution in [2.24, 2.45) is 16.6 Å². The summed E-state index contributed by atoms with van der Waals surface area (Å²) in [5.74, 6) is -1.20. The molecule has 4 N–H and O–H groups in total. The summed E-state index contributed by atoms with van der Waals surface area (Å²) in [6.45, 7) is 0. The minimum absolute atomic E-state index is 0.107. The maximum Gasteiger partial charge on any atom is 0.365 e. The van der Waals surface area contributed by atoms with E-state index in [1.165, 1.54) is 24.3 Å². The molecular formula is C8H8N4O4. The predicted octanol–water partition coefficient (Wildman–Crippen LogP) is -0.0600. The van der Waals surface area contributed by atoms with Gasteiger partial charge in [0.15, 0.2) is 0 Å². The number of nitro groups is 1. The summed E-state index contributed by atoms with van der Waals surface area (Å²) in [4.78, 5) is 25.3. The summed E-state index contributed by atoms with van der Waals surface area (Å²) < 4.78 is 0. The minimum atomic E-state index is -0.803. The Morgan fingerprint density at radius 3 is 2.31 bits per heavy atom. The number of oxime groups is 1. The molecule has 0 heterocycles. The molecule has 0 bridgehead atoms. The molecule has 0 amide bonds. The molecule has 0 saturated carbocycles. The Hall–Kier alpha value is -2.64. The number of nitrogens with two attached hydrogens (primary N) is 2. The molecule has 1 aromatic carbocycles. The third-order valence-electron chi connectivity index (χ3n) is 1.55. The Kier molecular flexibility index (Phi) is 3.38. The Balaban J connectivity index is 2.78. The molecule has 0 spiro atoms. The first-order valence-electron chi connectivity index (χ1n) is 4.05. The van der Waals surface area contributed by atoms with E-state index in [-0.39, 0.29) is 11.3 Å². The van der Waals surface area contributed by atoms with E-state index in [1.54, 1.807) is 0 Å². The second-order valence-corrected chi connectivity index (χ2v) is 2.70. The van der Waals surface area contributed by atoms with Crippen LogP contribution in [0.1, 0.15) is 10.4 Å². The lowest BCUT2D eigenvalue weighted by atomic mass is 10.2. The number of carbonyl (C=O) groups is 1. The van der Waals surface area contributed by atoms with Gasteiger partial charge in [-0.15, -0.1) is 0 Å². The van der Waals surface area contributed by atoms with Crippen LogP contribution in [-0.2, 0) is 4.84 Å². The van der Waals surface area contributed by atoms with Crippen LogP contribution in [0.4, 0.5) is 5.69 Å². The van der Waals surface area contributed by atoms with Gasteiger partial charge < -0.3 is 16.3 Å². The van der Waals surface area contributed by atoms with Crippen LogP contribution in [0.2, 0.25) is 0 Å². The van der Waals surface area contributed by atoms with Crippen molar-refractivity contribution in [1.82, 2.24) is 0 Å². The molecule has 0 aliphatic carbocycles. The van der Waals surface area contributed by atoms with Gasteiger partial charge in [0, 0.05) is 12.1 Å². The zero-order valence-electron chi connectivity index (χ0n) is 7.99. The molecule has 16 heavy (non-hydrogen) atoms. The van der Waals surface area contributed by atoms with E-state index in [2.05, 4.69) is 9.99 Å². The highest BCUT2D eigenvalue weighted by atomic mass is 16.7. The van der Waals surface area contributed by atoms with Gasteiger partial charge in [0.2, 0.25) is 5.96 Å². The molecular weight excluding hydrogens is 216 g/mol. The first-order chi connectivity index (χ1) is 7.50. The largest absolute Gasteiger partial charge is 0.367 e. The molecule has 0 fully saturated rings. The Bertz CT molecular complexity index is 436. The van der Waals surface area contributed by atoms with Gasteiger partial charge in [-0.1, -0.05) is 0 Å².